The summed E-state index contributed by atoms with van der Waals surface area (Å²) in [4.78, 5) is 19.0. The zero-order chi connectivity index (χ0) is 12.3. The molecule has 88 valence electrons. The summed E-state index contributed by atoms with van der Waals surface area (Å²) in [5.74, 6) is 0.657. The summed E-state index contributed by atoms with van der Waals surface area (Å²) in [6, 6.07) is 1.85. The maximum absolute atomic E-state index is 11.5. The lowest BCUT2D eigenvalue weighted by atomic mass is 10.3. The van der Waals surface area contributed by atoms with E-state index in [9.17, 15) is 4.79 Å². The van der Waals surface area contributed by atoms with Gasteiger partial charge in [-0.15, -0.1) is 0 Å². The number of likely N-dealkylation sites (N-methyl/N-ethyl adjacent to an activating group) is 2. The standard InChI is InChI=1S/C11H18N4O/c1-8-5-9(12)11(13-6-8)15(4)7-10(16)14(2)3/h5-6H,7,12H2,1-4H3. The fourth-order valence-corrected chi connectivity index (χ4v) is 1.32. The Morgan fingerprint density at radius 3 is 2.56 bits per heavy atom. The fourth-order valence-electron chi connectivity index (χ4n) is 1.32. The van der Waals surface area contributed by atoms with E-state index in [-0.39, 0.29) is 12.5 Å². The van der Waals surface area contributed by atoms with Gasteiger partial charge in [0.1, 0.15) is 0 Å². The van der Waals surface area contributed by atoms with Crippen LogP contribution in [0.3, 0.4) is 0 Å². The van der Waals surface area contributed by atoms with Gasteiger partial charge in [-0.25, -0.2) is 4.98 Å². The highest BCUT2D eigenvalue weighted by Crippen LogP contribution is 2.19. The molecular formula is C11H18N4O. The number of aryl methyl sites for hydroxylation is 1. The van der Waals surface area contributed by atoms with Crippen molar-refractivity contribution in [2.24, 2.45) is 0 Å². The van der Waals surface area contributed by atoms with E-state index in [4.69, 9.17) is 5.73 Å². The third-order valence-electron chi connectivity index (χ3n) is 2.26. The number of nitrogens with two attached hydrogens (primary N) is 1. The normalized spacial score (nSPS) is 10.0. The van der Waals surface area contributed by atoms with Gasteiger partial charge in [0.25, 0.3) is 0 Å². The third kappa shape index (κ3) is 2.85. The number of aromatic nitrogens is 1. The van der Waals surface area contributed by atoms with E-state index in [0.717, 1.165) is 5.56 Å². The average Bonchev–Trinajstić information content (AvgIpc) is 2.16. The van der Waals surface area contributed by atoms with E-state index < -0.39 is 0 Å². The molecule has 0 atom stereocenters. The Morgan fingerprint density at radius 2 is 2.06 bits per heavy atom. The topological polar surface area (TPSA) is 62.5 Å². The van der Waals surface area contributed by atoms with Gasteiger partial charge in [-0.05, 0) is 18.6 Å². The molecule has 1 amide bonds. The van der Waals surface area contributed by atoms with Crippen molar-refractivity contribution in [2.75, 3.05) is 38.3 Å². The van der Waals surface area contributed by atoms with Gasteiger partial charge in [0.15, 0.2) is 5.82 Å². The lowest BCUT2D eigenvalue weighted by Gasteiger charge is -2.21. The first kappa shape index (κ1) is 12.3. The molecule has 0 aliphatic rings. The largest absolute Gasteiger partial charge is 0.396 e. The van der Waals surface area contributed by atoms with Gasteiger partial charge in [0, 0.05) is 27.3 Å². The number of carbonyl (C=O) groups is 1. The fraction of sp³-hybridized carbons (Fsp3) is 0.455. The molecule has 1 aromatic heterocycles. The number of anilines is 2. The number of amides is 1. The van der Waals surface area contributed by atoms with Crippen LogP contribution >= 0.6 is 0 Å². The summed E-state index contributed by atoms with van der Waals surface area (Å²) in [6.45, 7) is 2.20. The first-order valence-corrected chi connectivity index (χ1v) is 5.05. The quantitative estimate of drug-likeness (QED) is 0.808. The van der Waals surface area contributed by atoms with Crippen LogP contribution in [0.5, 0.6) is 0 Å². The first-order valence-electron chi connectivity index (χ1n) is 5.05. The summed E-state index contributed by atoms with van der Waals surface area (Å²) in [5.41, 5.74) is 7.44. The molecule has 0 aliphatic heterocycles. The second-order valence-corrected chi connectivity index (χ2v) is 4.07. The van der Waals surface area contributed by atoms with Crippen molar-refractivity contribution in [1.29, 1.82) is 0 Å². The highest BCUT2D eigenvalue weighted by atomic mass is 16.2. The highest BCUT2D eigenvalue weighted by molar-refractivity contribution is 5.81. The molecule has 0 aliphatic carbocycles. The number of nitrogens with zero attached hydrogens (tertiary/aromatic N) is 3. The molecule has 16 heavy (non-hydrogen) atoms. The molecule has 5 heteroatoms. The Kier molecular flexibility index (Phi) is 3.71. The van der Waals surface area contributed by atoms with Gasteiger partial charge in [-0.3, -0.25) is 4.79 Å². The monoisotopic (exact) mass is 222 g/mol. The predicted octanol–water partition coefficient (Wildman–Crippen LogP) is 0.497. The van der Waals surface area contributed by atoms with E-state index >= 15 is 0 Å². The summed E-state index contributed by atoms with van der Waals surface area (Å²) < 4.78 is 0. The Hall–Kier alpha value is -1.78. The van der Waals surface area contributed by atoms with Crippen molar-refractivity contribution in [2.45, 2.75) is 6.92 Å². The third-order valence-corrected chi connectivity index (χ3v) is 2.26. The number of carbonyl (C=O) groups excluding carboxylic acids is 1. The highest BCUT2D eigenvalue weighted by Gasteiger charge is 2.12. The number of rotatable bonds is 3. The van der Waals surface area contributed by atoms with Gasteiger partial charge in [0.2, 0.25) is 5.91 Å². The molecule has 1 aromatic rings. The second kappa shape index (κ2) is 4.83. The van der Waals surface area contributed by atoms with Crippen molar-refractivity contribution < 1.29 is 4.79 Å². The Balaban J connectivity index is 2.80. The molecule has 0 saturated heterocycles. The number of hydrogen-bond acceptors (Lipinski definition) is 4. The molecule has 1 heterocycles. The minimum atomic E-state index is 0.0178. The van der Waals surface area contributed by atoms with Gasteiger partial charge in [-0.2, -0.15) is 0 Å². The molecule has 0 bridgehead atoms. The number of hydrogen-bond donors (Lipinski definition) is 1. The molecule has 0 fully saturated rings. The van der Waals surface area contributed by atoms with Crippen LogP contribution in [0, 0.1) is 6.92 Å². The second-order valence-electron chi connectivity index (χ2n) is 4.07. The van der Waals surface area contributed by atoms with Crippen LogP contribution in [0.2, 0.25) is 0 Å². The minimum Gasteiger partial charge on any atom is -0.396 e. The van der Waals surface area contributed by atoms with E-state index in [0.29, 0.717) is 11.5 Å². The van der Waals surface area contributed by atoms with E-state index in [1.54, 1.807) is 37.1 Å². The van der Waals surface area contributed by atoms with E-state index in [1.165, 1.54) is 0 Å². The molecular weight excluding hydrogens is 204 g/mol. The van der Waals surface area contributed by atoms with Crippen LogP contribution in [-0.4, -0.2) is 43.5 Å². The first-order chi connectivity index (χ1) is 7.41. The van der Waals surface area contributed by atoms with Gasteiger partial charge in [-0.1, -0.05) is 0 Å². The van der Waals surface area contributed by atoms with Gasteiger partial charge < -0.3 is 15.5 Å². The maximum atomic E-state index is 11.5. The van der Waals surface area contributed by atoms with Crippen molar-refractivity contribution >= 4 is 17.4 Å². The maximum Gasteiger partial charge on any atom is 0.241 e. The molecule has 0 aromatic carbocycles. The zero-order valence-electron chi connectivity index (χ0n) is 10.2. The average molecular weight is 222 g/mol. The van der Waals surface area contributed by atoms with Crippen molar-refractivity contribution in [1.82, 2.24) is 9.88 Å². The summed E-state index contributed by atoms with van der Waals surface area (Å²) in [7, 11) is 5.25. The van der Waals surface area contributed by atoms with Crippen LogP contribution < -0.4 is 10.6 Å². The van der Waals surface area contributed by atoms with Gasteiger partial charge in [0.05, 0.1) is 12.2 Å². The molecule has 0 radical (unpaired) electrons. The SMILES string of the molecule is Cc1cnc(N(C)CC(=O)N(C)C)c(N)c1. The molecule has 0 spiro atoms. The minimum absolute atomic E-state index is 0.0178. The lowest BCUT2D eigenvalue weighted by Crippen LogP contribution is -2.35. The van der Waals surface area contributed by atoms with E-state index in [1.807, 2.05) is 13.0 Å². The summed E-state index contributed by atoms with van der Waals surface area (Å²) in [6.07, 6.45) is 1.74. The van der Waals surface area contributed by atoms with E-state index in [2.05, 4.69) is 4.98 Å². The van der Waals surface area contributed by atoms with Crippen LogP contribution in [-0.2, 0) is 4.79 Å². The number of pyridine rings is 1. The molecule has 0 saturated carbocycles. The molecule has 2 N–H and O–H groups in total. The van der Waals surface area contributed by atoms with Crippen molar-refractivity contribution in [3.05, 3.63) is 17.8 Å². The molecule has 0 unspecified atom stereocenters. The number of nitrogen functional groups attached to an aromatic ring is 1. The molecule has 1 rings (SSSR count). The Labute approximate surface area is 95.9 Å². The Morgan fingerprint density at radius 1 is 1.44 bits per heavy atom. The molecule has 5 nitrogen and oxygen atoms in total. The van der Waals surface area contributed by atoms with Crippen molar-refractivity contribution in [3.8, 4) is 0 Å². The Bertz CT molecular complexity index is 390. The van der Waals surface area contributed by atoms with Crippen LogP contribution in [0.4, 0.5) is 11.5 Å². The van der Waals surface area contributed by atoms with Crippen molar-refractivity contribution in [3.63, 3.8) is 0 Å². The zero-order valence-corrected chi connectivity index (χ0v) is 10.2. The van der Waals surface area contributed by atoms with Gasteiger partial charge >= 0.3 is 0 Å². The van der Waals surface area contributed by atoms with Crippen LogP contribution in [0.15, 0.2) is 12.3 Å². The summed E-state index contributed by atoms with van der Waals surface area (Å²) >= 11 is 0. The predicted molar refractivity (Wildman–Crippen MR) is 65.4 cm³/mol. The summed E-state index contributed by atoms with van der Waals surface area (Å²) in [5, 5.41) is 0. The lowest BCUT2D eigenvalue weighted by molar-refractivity contribution is -0.127. The van der Waals surface area contributed by atoms with Crippen LogP contribution in [0.25, 0.3) is 0 Å². The van der Waals surface area contributed by atoms with Crippen LogP contribution in [0.1, 0.15) is 5.56 Å². The smallest absolute Gasteiger partial charge is 0.241 e.